The van der Waals surface area contributed by atoms with Crippen molar-refractivity contribution in [2.75, 3.05) is 4.90 Å². The first kappa shape index (κ1) is 30.7. The molecule has 0 fully saturated rings. The molecular weight excluding hydrogens is 681 g/mol. The number of oxazole rings is 1. The Balaban J connectivity index is 1.06. The highest BCUT2D eigenvalue weighted by Crippen LogP contribution is 2.44. The molecule has 0 saturated carbocycles. The lowest BCUT2D eigenvalue weighted by molar-refractivity contribution is 0.622. The third kappa shape index (κ3) is 5.01. The molecule has 0 aliphatic heterocycles. The van der Waals surface area contributed by atoms with Crippen molar-refractivity contribution in [3.05, 3.63) is 182 Å². The highest BCUT2D eigenvalue weighted by molar-refractivity contribution is 7.26. The van der Waals surface area contributed by atoms with Gasteiger partial charge in [-0.25, -0.2) is 4.98 Å². The molecule has 254 valence electrons. The van der Waals surface area contributed by atoms with Crippen molar-refractivity contribution in [2.24, 2.45) is 0 Å². The van der Waals surface area contributed by atoms with E-state index in [1.54, 1.807) is 0 Å². The molecule has 3 heterocycles. The van der Waals surface area contributed by atoms with Crippen LogP contribution in [0.15, 0.2) is 191 Å². The topological polar surface area (TPSA) is 42.4 Å². The minimum absolute atomic E-state index is 0.593. The Morgan fingerprint density at radius 2 is 1.07 bits per heavy atom. The molecule has 11 aromatic rings. The molecule has 0 aliphatic carbocycles. The van der Waals surface area contributed by atoms with E-state index in [-0.39, 0.29) is 0 Å². The Bertz CT molecular complexity index is 3140. The smallest absolute Gasteiger partial charge is 0.227 e. The van der Waals surface area contributed by atoms with Crippen LogP contribution in [0.5, 0.6) is 0 Å². The Morgan fingerprint density at radius 3 is 1.85 bits per heavy atom. The fraction of sp³-hybridized carbons (Fsp3) is 0. The third-order valence-corrected chi connectivity index (χ3v) is 11.5. The van der Waals surface area contributed by atoms with Crippen LogP contribution in [0.2, 0.25) is 0 Å². The van der Waals surface area contributed by atoms with E-state index in [1.165, 1.54) is 42.4 Å². The van der Waals surface area contributed by atoms with E-state index in [4.69, 9.17) is 13.8 Å². The lowest BCUT2D eigenvalue weighted by Crippen LogP contribution is -2.09. The number of nitrogens with zero attached hydrogens (tertiary/aromatic N) is 2. The number of furan rings is 1. The summed E-state index contributed by atoms with van der Waals surface area (Å²) in [5.74, 6) is 0.593. The molecule has 0 unspecified atom stereocenters. The van der Waals surface area contributed by atoms with Crippen LogP contribution in [0.1, 0.15) is 0 Å². The minimum atomic E-state index is 0.593. The van der Waals surface area contributed by atoms with E-state index in [2.05, 4.69) is 144 Å². The Morgan fingerprint density at radius 1 is 0.444 bits per heavy atom. The average molecular weight is 711 g/mol. The highest BCUT2D eigenvalue weighted by atomic mass is 32.1. The largest absolute Gasteiger partial charge is 0.456 e. The second kappa shape index (κ2) is 12.3. The second-order valence-corrected chi connectivity index (χ2v) is 14.6. The van der Waals surface area contributed by atoms with Gasteiger partial charge in [0.2, 0.25) is 5.89 Å². The lowest BCUT2D eigenvalue weighted by atomic mass is 10.0. The third-order valence-electron chi connectivity index (χ3n) is 10.3. The van der Waals surface area contributed by atoms with Gasteiger partial charge >= 0.3 is 0 Å². The van der Waals surface area contributed by atoms with Gasteiger partial charge in [-0.15, -0.1) is 11.3 Å². The van der Waals surface area contributed by atoms with Gasteiger partial charge in [0.15, 0.2) is 5.58 Å². The Hall–Kier alpha value is -6.95. The molecule has 0 spiro atoms. The summed E-state index contributed by atoms with van der Waals surface area (Å²) < 4.78 is 15.5. The zero-order chi connectivity index (χ0) is 35.6. The van der Waals surface area contributed by atoms with E-state index in [9.17, 15) is 0 Å². The maximum absolute atomic E-state index is 6.48. The summed E-state index contributed by atoms with van der Waals surface area (Å²) in [6.07, 6.45) is 0. The van der Waals surface area contributed by atoms with E-state index >= 15 is 0 Å². The SMILES string of the molecule is c1ccc(-c2ccc(N(c3ccc(-c4cccc5c4sc4ccccc45)cc3)c3ccc4oc5ccc6nc(-c7ccccc7)oc6c5c4c3)cc2)cc1. The van der Waals surface area contributed by atoms with Crippen LogP contribution in [-0.2, 0) is 0 Å². The maximum atomic E-state index is 6.48. The predicted octanol–water partition coefficient (Wildman–Crippen LogP) is 14.6. The molecule has 0 radical (unpaired) electrons. The lowest BCUT2D eigenvalue weighted by Gasteiger charge is -2.26. The fourth-order valence-electron chi connectivity index (χ4n) is 7.72. The Labute approximate surface area is 314 Å². The van der Waals surface area contributed by atoms with Crippen LogP contribution < -0.4 is 4.90 Å². The fourth-order valence-corrected chi connectivity index (χ4v) is 8.96. The van der Waals surface area contributed by atoms with Gasteiger partial charge in [-0.2, -0.15) is 0 Å². The minimum Gasteiger partial charge on any atom is -0.456 e. The van der Waals surface area contributed by atoms with Crippen LogP contribution in [0, 0.1) is 0 Å². The summed E-state index contributed by atoms with van der Waals surface area (Å²) in [5, 5.41) is 4.50. The molecule has 8 aromatic carbocycles. The number of thiophene rings is 1. The molecule has 0 aliphatic rings. The van der Waals surface area contributed by atoms with Crippen LogP contribution in [-0.4, -0.2) is 4.98 Å². The maximum Gasteiger partial charge on any atom is 0.227 e. The van der Waals surface area contributed by atoms with Gasteiger partial charge in [0.05, 0.1) is 5.39 Å². The molecule has 0 bridgehead atoms. The predicted molar refractivity (Wildman–Crippen MR) is 225 cm³/mol. The molecule has 0 N–H and O–H groups in total. The van der Waals surface area contributed by atoms with Gasteiger partial charge in [-0.05, 0) is 95.1 Å². The summed E-state index contributed by atoms with van der Waals surface area (Å²) in [6.45, 7) is 0. The van der Waals surface area contributed by atoms with E-state index < -0.39 is 0 Å². The van der Waals surface area contributed by atoms with Crippen molar-refractivity contribution in [2.45, 2.75) is 0 Å². The van der Waals surface area contributed by atoms with Crippen molar-refractivity contribution in [1.82, 2.24) is 4.98 Å². The second-order valence-electron chi connectivity index (χ2n) is 13.5. The number of hydrogen-bond acceptors (Lipinski definition) is 5. The number of anilines is 3. The summed E-state index contributed by atoms with van der Waals surface area (Å²) in [6, 6.07) is 63.9. The number of aromatic nitrogens is 1. The van der Waals surface area contributed by atoms with E-state index in [0.717, 1.165) is 55.7 Å². The van der Waals surface area contributed by atoms with Crippen LogP contribution in [0.25, 0.3) is 86.9 Å². The van der Waals surface area contributed by atoms with Crippen molar-refractivity contribution < 1.29 is 8.83 Å². The normalized spacial score (nSPS) is 11.7. The van der Waals surface area contributed by atoms with E-state index in [1.807, 2.05) is 53.8 Å². The first-order valence-corrected chi connectivity index (χ1v) is 18.8. The zero-order valence-electron chi connectivity index (χ0n) is 28.9. The molecule has 5 heteroatoms. The number of hydrogen-bond donors (Lipinski definition) is 0. The number of rotatable bonds is 6. The highest BCUT2D eigenvalue weighted by Gasteiger charge is 2.20. The van der Waals surface area contributed by atoms with Crippen LogP contribution in [0.3, 0.4) is 0 Å². The van der Waals surface area contributed by atoms with Crippen molar-refractivity contribution >= 4 is 81.6 Å². The van der Waals surface area contributed by atoms with Crippen molar-refractivity contribution in [3.63, 3.8) is 0 Å². The van der Waals surface area contributed by atoms with Gasteiger partial charge in [-0.1, -0.05) is 109 Å². The van der Waals surface area contributed by atoms with Gasteiger partial charge in [-0.3, -0.25) is 0 Å². The molecule has 0 amide bonds. The molecule has 3 aromatic heterocycles. The first-order chi connectivity index (χ1) is 26.7. The van der Waals surface area contributed by atoms with Crippen molar-refractivity contribution in [3.8, 4) is 33.7 Å². The van der Waals surface area contributed by atoms with Gasteiger partial charge in [0.1, 0.15) is 16.7 Å². The molecule has 11 rings (SSSR count). The summed E-state index contributed by atoms with van der Waals surface area (Å²) in [5.41, 5.74) is 11.9. The summed E-state index contributed by atoms with van der Waals surface area (Å²) >= 11 is 1.86. The molecular formula is C49H30N2O2S. The first-order valence-electron chi connectivity index (χ1n) is 18.0. The quantitative estimate of drug-likeness (QED) is 0.172. The average Bonchev–Trinajstić information content (AvgIpc) is 3.95. The zero-order valence-corrected chi connectivity index (χ0v) is 29.8. The molecule has 54 heavy (non-hydrogen) atoms. The van der Waals surface area contributed by atoms with Gasteiger partial charge < -0.3 is 13.7 Å². The molecule has 0 atom stereocenters. The number of fused-ring (bicyclic) bond motifs is 8. The van der Waals surface area contributed by atoms with Crippen LogP contribution >= 0.6 is 11.3 Å². The molecule has 4 nitrogen and oxygen atoms in total. The van der Waals surface area contributed by atoms with Crippen molar-refractivity contribution in [1.29, 1.82) is 0 Å². The van der Waals surface area contributed by atoms with E-state index in [0.29, 0.717) is 5.89 Å². The monoisotopic (exact) mass is 710 g/mol. The Kier molecular flexibility index (Phi) is 7.00. The summed E-state index contributed by atoms with van der Waals surface area (Å²) in [7, 11) is 0. The van der Waals surface area contributed by atoms with Crippen LogP contribution in [0.4, 0.5) is 17.1 Å². The van der Waals surface area contributed by atoms with Gasteiger partial charge in [0, 0.05) is 48.2 Å². The summed E-state index contributed by atoms with van der Waals surface area (Å²) in [4.78, 5) is 7.16. The van der Waals surface area contributed by atoms with Gasteiger partial charge in [0.25, 0.3) is 0 Å². The standard InChI is InChI=1S/C49H30N2O2S/c1-3-10-31(11-4-1)32-18-22-35(23-19-32)51(36-24-20-33(21-25-36)38-15-9-16-40-39-14-7-8-17-45(39)54-48(38)40)37-26-28-43-41(30-37)46-44(52-43)29-27-42-47(46)53-49(50-42)34-12-5-2-6-13-34/h1-30H. The number of benzene rings is 8. The molecule has 0 saturated heterocycles.